The first-order valence-electron chi connectivity index (χ1n) is 6.01. The summed E-state index contributed by atoms with van der Waals surface area (Å²) in [6.45, 7) is 4.23. The Balaban J connectivity index is 2.91. The maximum atomic E-state index is 12.1. The Labute approximate surface area is 114 Å². The maximum absolute atomic E-state index is 12.1. The van der Waals surface area contributed by atoms with Crippen molar-refractivity contribution in [1.82, 2.24) is 5.32 Å². The summed E-state index contributed by atoms with van der Waals surface area (Å²) in [4.78, 5) is 11.2. The van der Waals surface area contributed by atoms with E-state index in [1.165, 1.54) is 12.1 Å². The van der Waals surface area contributed by atoms with Gasteiger partial charge in [0, 0.05) is 0 Å². The fourth-order valence-electron chi connectivity index (χ4n) is 1.59. The molecule has 0 fully saturated rings. The molecule has 0 aromatic heterocycles. The molecular formula is C13H16F3NO3. The predicted octanol–water partition coefficient (Wildman–Crippen LogP) is 2.96. The molecule has 0 amide bonds. The highest BCUT2D eigenvalue weighted by atomic mass is 19.4. The van der Waals surface area contributed by atoms with Gasteiger partial charge in [0.1, 0.15) is 11.8 Å². The van der Waals surface area contributed by atoms with E-state index in [1.807, 2.05) is 13.8 Å². The summed E-state index contributed by atoms with van der Waals surface area (Å²) in [5.74, 6) is -1.38. The predicted molar refractivity (Wildman–Crippen MR) is 66.3 cm³/mol. The van der Waals surface area contributed by atoms with Crippen LogP contribution in [0.1, 0.15) is 25.5 Å². The lowest BCUT2D eigenvalue weighted by Gasteiger charge is -2.17. The molecule has 0 aliphatic carbocycles. The molecule has 7 heteroatoms. The summed E-state index contributed by atoms with van der Waals surface area (Å²) in [5, 5.41) is 11.9. The largest absolute Gasteiger partial charge is 0.573 e. The van der Waals surface area contributed by atoms with Gasteiger partial charge < -0.3 is 15.2 Å². The Morgan fingerprint density at radius 3 is 2.55 bits per heavy atom. The number of halogens is 3. The molecule has 1 aromatic carbocycles. The lowest BCUT2D eigenvalue weighted by molar-refractivity contribution is -0.274. The van der Waals surface area contributed by atoms with E-state index in [0.29, 0.717) is 6.54 Å². The average Bonchev–Trinajstić information content (AvgIpc) is 2.26. The zero-order valence-electron chi connectivity index (χ0n) is 11.1. The van der Waals surface area contributed by atoms with E-state index < -0.39 is 24.1 Å². The molecule has 0 aliphatic rings. The van der Waals surface area contributed by atoms with Crippen LogP contribution in [0.3, 0.4) is 0 Å². The van der Waals surface area contributed by atoms with Crippen LogP contribution in [0.2, 0.25) is 0 Å². The van der Waals surface area contributed by atoms with Crippen molar-refractivity contribution in [3.05, 3.63) is 29.8 Å². The van der Waals surface area contributed by atoms with E-state index in [4.69, 9.17) is 5.11 Å². The van der Waals surface area contributed by atoms with Gasteiger partial charge in [0.15, 0.2) is 0 Å². The summed E-state index contributed by atoms with van der Waals surface area (Å²) < 4.78 is 40.2. The van der Waals surface area contributed by atoms with Crippen molar-refractivity contribution in [2.24, 2.45) is 5.92 Å². The second kappa shape index (κ2) is 6.60. The minimum absolute atomic E-state index is 0.208. The summed E-state index contributed by atoms with van der Waals surface area (Å²) in [6.07, 6.45) is -4.80. The number of benzene rings is 1. The molecule has 0 heterocycles. The highest BCUT2D eigenvalue weighted by molar-refractivity contribution is 5.75. The van der Waals surface area contributed by atoms with Crippen LogP contribution < -0.4 is 10.1 Å². The van der Waals surface area contributed by atoms with Crippen LogP contribution in [0, 0.1) is 5.92 Å². The number of carbonyl (C=O) groups is 1. The molecule has 0 spiro atoms. The number of alkyl halides is 3. The zero-order valence-corrected chi connectivity index (χ0v) is 11.1. The van der Waals surface area contributed by atoms with Crippen LogP contribution in [0.15, 0.2) is 24.3 Å². The zero-order chi connectivity index (χ0) is 15.3. The molecule has 2 N–H and O–H groups in total. The van der Waals surface area contributed by atoms with Crippen molar-refractivity contribution in [2.75, 3.05) is 6.54 Å². The number of ether oxygens (including phenoxy) is 1. The topological polar surface area (TPSA) is 58.6 Å². The molecule has 112 valence electrons. The summed E-state index contributed by atoms with van der Waals surface area (Å²) >= 11 is 0. The highest BCUT2D eigenvalue weighted by Gasteiger charge is 2.31. The van der Waals surface area contributed by atoms with Crippen molar-refractivity contribution < 1.29 is 27.8 Å². The monoisotopic (exact) mass is 291 g/mol. The fraction of sp³-hybridized carbons (Fsp3) is 0.462. The summed E-state index contributed by atoms with van der Waals surface area (Å²) in [5.41, 5.74) is 0.208. The van der Waals surface area contributed by atoms with Gasteiger partial charge in [0.25, 0.3) is 0 Å². The van der Waals surface area contributed by atoms with Crippen molar-refractivity contribution >= 4 is 5.97 Å². The number of carboxylic acid groups (broad SMARTS) is 1. The number of aliphatic carboxylic acids is 1. The van der Waals surface area contributed by atoms with Crippen molar-refractivity contribution in [1.29, 1.82) is 0 Å². The lowest BCUT2D eigenvalue weighted by atomic mass is 10.1. The molecular weight excluding hydrogens is 275 g/mol. The smallest absolute Gasteiger partial charge is 0.480 e. The molecule has 20 heavy (non-hydrogen) atoms. The Morgan fingerprint density at radius 2 is 2.05 bits per heavy atom. The van der Waals surface area contributed by atoms with E-state index in [2.05, 4.69) is 10.1 Å². The van der Waals surface area contributed by atoms with Gasteiger partial charge in [-0.2, -0.15) is 0 Å². The third kappa shape index (κ3) is 5.48. The summed E-state index contributed by atoms with van der Waals surface area (Å²) in [7, 11) is 0. The van der Waals surface area contributed by atoms with Gasteiger partial charge in [0.2, 0.25) is 0 Å². The van der Waals surface area contributed by atoms with Crippen LogP contribution >= 0.6 is 0 Å². The Kier molecular flexibility index (Phi) is 5.38. The minimum Gasteiger partial charge on any atom is -0.480 e. The Hall–Kier alpha value is -1.76. The van der Waals surface area contributed by atoms with Crippen LogP contribution in [0.5, 0.6) is 5.75 Å². The highest BCUT2D eigenvalue weighted by Crippen LogP contribution is 2.25. The van der Waals surface area contributed by atoms with Crippen molar-refractivity contribution in [2.45, 2.75) is 26.3 Å². The van der Waals surface area contributed by atoms with E-state index in [-0.39, 0.29) is 11.5 Å². The molecule has 1 rings (SSSR count). The first-order chi connectivity index (χ1) is 9.19. The van der Waals surface area contributed by atoms with E-state index in [0.717, 1.165) is 12.1 Å². The second-order valence-corrected chi connectivity index (χ2v) is 4.69. The standard InChI is InChI=1S/C13H16F3NO3/c1-8(2)7-17-11(12(18)19)9-4-3-5-10(6-9)20-13(14,15)16/h3-6,8,11,17H,7H2,1-2H3,(H,18,19). The molecule has 0 radical (unpaired) electrons. The SMILES string of the molecule is CC(C)CNC(C(=O)O)c1cccc(OC(F)(F)F)c1. The van der Waals surface area contributed by atoms with Crippen LogP contribution in [0.4, 0.5) is 13.2 Å². The molecule has 0 saturated heterocycles. The number of hydrogen-bond acceptors (Lipinski definition) is 3. The molecule has 4 nitrogen and oxygen atoms in total. The Morgan fingerprint density at radius 1 is 1.40 bits per heavy atom. The summed E-state index contributed by atoms with van der Waals surface area (Å²) in [6, 6.07) is 3.88. The van der Waals surface area contributed by atoms with Crippen molar-refractivity contribution in [3.63, 3.8) is 0 Å². The fourth-order valence-corrected chi connectivity index (χ4v) is 1.59. The van der Waals surface area contributed by atoms with Gasteiger partial charge >= 0.3 is 12.3 Å². The van der Waals surface area contributed by atoms with Gasteiger partial charge in [-0.3, -0.25) is 4.79 Å². The Bertz CT molecular complexity index is 460. The van der Waals surface area contributed by atoms with Gasteiger partial charge in [-0.15, -0.1) is 13.2 Å². The van der Waals surface area contributed by atoms with E-state index in [1.54, 1.807) is 0 Å². The average molecular weight is 291 g/mol. The minimum atomic E-state index is -4.80. The van der Waals surface area contributed by atoms with Crippen LogP contribution in [0.25, 0.3) is 0 Å². The van der Waals surface area contributed by atoms with E-state index in [9.17, 15) is 18.0 Å². The van der Waals surface area contributed by atoms with E-state index >= 15 is 0 Å². The number of nitrogens with one attached hydrogen (secondary N) is 1. The number of rotatable bonds is 6. The molecule has 0 aliphatic heterocycles. The van der Waals surface area contributed by atoms with Gasteiger partial charge in [0.05, 0.1) is 0 Å². The number of carboxylic acids is 1. The second-order valence-electron chi connectivity index (χ2n) is 4.69. The third-order valence-corrected chi connectivity index (χ3v) is 2.40. The normalized spacial score (nSPS) is 13.3. The quantitative estimate of drug-likeness (QED) is 0.846. The first-order valence-corrected chi connectivity index (χ1v) is 6.01. The van der Waals surface area contributed by atoms with Gasteiger partial charge in [-0.1, -0.05) is 26.0 Å². The molecule has 1 unspecified atom stereocenters. The maximum Gasteiger partial charge on any atom is 0.573 e. The molecule has 1 atom stereocenters. The number of hydrogen-bond donors (Lipinski definition) is 2. The molecule has 0 saturated carbocycles. The lowest BCUT2D eigenvalue weighted by Crippen LogP contribution is -2.31. The molecule has 1 aromatic rings. The first kappa shape index (κ1) is 16.3. The third-order valence-electron chi connectivity index (χ3n) is 2.40. The van der Waals surface area contributed by atoms with Crippen molar-refractivity contribution in [3.8, 4) is 5.75 Å². The molecule has 0 bridgehead atoms. The van der Waals surface area contributed by atoms with Gasteiger partial charge in [-0.25, -0.2) is 0 Å². The van der Waals surface area contributed by atoms with Gasteiger partial charge in [-0.05, 0) is 30.2 Å². The van der Waals surface area contributed by atoms with Crippen LogP contribution in [-0.2, 0) is 4.79 Å². The van der Waals surface area contributed by atoms with Crippen LogP contribution in [-0.4, -0.2) is 24.0 Å².